The van der Waals surface area contributed by atoms with Gasteiger partial charge in [0.05, 0.1) is 10.9 Å². The molecule has 0 fully saturated rings. The first-order chi connectivity index (χ1) is 12.9. The molecule has 0 aliphatic carbocycles. The normalized spacial score (nSPS) is 11.9. The number of amides is 1. The Morgan fingerprint density at radius 2 is 1.74 bits per heavy atom. The van der Waals surface area contributed by atoms with Crippen molar-refractivity contribution in [3.8, 4) is 11.3 Å². The highest BCUT2D eigenvalue weighted by Gasteiger charge is 2.18. The Kier molecular flexibility index (Phi) is 5.91. The predicted molar refractivity (Wildman–Crippen MR) is 112 cm³/mol. The van der Waals surface area contributed by atoms with Crippen molar-refractivity contribution >= 4 is 23.4 Å². The number of hydrogen-bond donors (Lipinski definition) is 1. The molecule has 0 aliphatic heterocycles. The largest absolute Gasteiger partial charge is 0.325 e. The number of thioether (sulfide) groups is 1. The number of anilines is 1. The van der Waals surface area contributed by atoms with E-state index in [9.17, 15) is 4.79 Å². The topological polar surface area (TPSA) is 54.9 Å². The average molecular weight is 378 g/mol. The monoisotopic (exact) mass is 377 g/mol. The summed E-state index contributed by atoms with van der Waals surface area (Å²) in [5.74, 6) is -0.0555. The number of nitrogens with zero attached hydrogens (tertiary/aromatic N) is 2. The lowest BCUT2D eigenvalue weighted by atomic mass is 10.1. The predicted octanol–water partition coefficient (Wildman–Crippen LogP) is 5.19. The number of aryl methyl sites for hydroxylation is 3. The van der Waals surface area contributed by atoms with Gasteiger partial charge in [0.1, 0.15) is 0 Å². The van der Waals surface area contributed by atoms with E-state index < -0.39 is 0 Å². The van der Waals surface area contributed by atoms with Gasteiger partial charge in [-0.25, -0.2) is 9.97 Å². The van der Waals surface area contributed by atoms with Gasteiger partial charge in [0.2, 0.25) is 5.91 Å². The van der Waals surface area contributed by atoms with Crippen LogP contribution in [0.4, 0.5) is 5.69 Å². The highest BCUT2D eigenvalue weighted by Crippen LogP contribution is 2.25. The summed E-state index contributed by atoms with van der Waals surface area (Å²) >= 11 is 1.37. The molecule has 3 aromatic rings. The Morgan fingerprint density at radius 1 is 1.00 bits per heavy atom. The van der Waals surface area contributed by atoms with Gasteiger partial charge in [-0.05, 0) is 51.0 Å². The summed E-state index contributed by atoms with van der Waals surface area (Å²) in [5, 5.41) is 3.32. The lowest BCUT2D eigenvalue weighted by Crippen LogP contribution is -2.23. The molecule has 2 aromatic carbocycles. The molecule has 1 heterocycles. The summed E-state index contributed by atoms with van der Waals surface area (Å²) in [4.78, 5) is 21.8. The van der Waals surface area contributed by atoms with E-state index in [4.69, 9.17) is 0 Å². The average Bonchev–Trinajstić information content (AvgIpc) is 2.65. The van der Waals surface area contributed by atoms with E-state index in [2.05, 4.69) is 15.3 Å². The van der Waals surface area contributed by atoms with Crippen LogP contribution in [-0.4, -0.2) is 21.1 Å². The smallest absolute Gasteiger partial charge is 0.237 e. The van der Waals surface area contributed by atoms with Gasteiger partial charge < -0.3 is 5.32 Å². The molecular weight excluding hydrogens is 354 g/mol. The number of nitrogens with one attached hydrogen (secondary N) is 1. The maximum Gasteiger partial charge on any atom is 0.237 e. The van der Waals surface area contributed by atoms with Crippen LogP contribution < -0.4 is 5.32 Å². The second-order valence-corrected chi connectivity index (χ2v) is 7.92. The number of carbonyl (C=O) groups is 1. The molecule has 1 unspecified atom stereocenters. The second kappa shape index (κ2) is 8.35. The molecule has 0 saturated heterocycles. The van der Waals surface area contributed by atoms with Crippen LogP contribution in [-0.2, 0) is 4.79 Å². The van der Waals surface area contributed by atoms with E-state index in [0.29, 0.717) is 5.16 Å². The highest BCUT2D eigenvalue weighted by molar-refractivity contribution is 8.00. The zero-order valence-corrected chi connectivity index (χ0v) is 16.8. The van der Waals surface area contributed by atoms with Crippen molar-refractivity contribution in [1.82, 2.24) is 9.97 Å². The van der Waals surface area contributed by atoms with E-state index in [0.717, 1.165) is 33.8 Å². The minimum atomic E-state index is -0.310. The zero-order valence-electron chi connectivity index (χ0n) is 16.0. The first-order valence-corrected chi connectivity index (χ1v) is 9.76. The summed E-state index contributed by atoms with van der Waals surface area (Å²) in [6.45, 7) is 7.82. The fourth-order valence-corrected chi connectivity index (χ4v) is 3.50. The summed E-state index contributed by atoms with van der Waals surface area (Å²) in [5.41, 5.74) is 5.80. The maximum absolute atomic E-state index is 12.6. The highest BCUT2D eigenvalue weighted by atomic mass is 32.2. The molecule has 1 atom stereocenters. The van der Waals surface area contributed by atoms with Crippen LogP contribution in [0.15, 0.2) is 59.8 Å². The summed E-state index contributed by atoms with van der Waals surface area (Å²) in [6.07, 6.45) is 0. The molecule has 1 aromatic heterocycles. The molecule has 0 aliphatic rings. The van der Waals surface area contributed by atoms with Gasteiger partial charge >= 0.3 is 0 Å². The van der Waals surface area contributed by atoms with E-state index in [1.165, 1.54) is 11.8 Å². The van der Waals surface area contributed by atoms with Crippen molar-refractivity contribution in [2.45, 2.75) is 38.1 Å². The van der Waals surface area contributed by atoms with Crippen molar-refractivity contribution in [3.05, 3.63) is 71.4 Å². The van der Waals surface area contributed by atoms with Gasteiger partial charge in [0.25, 0.3) is 0 Å². The number of carbonyl (C=O) groups excluding carboxylic acids is 1. The number of benzene rings is 2. The van der Waals surface area contributed by atoms with E-state index in [1.807, 2.05) is 82.3 Å². The second-order valence-electron chi connectivity index (χ2n) is 6.61. The van der Waals surface area contributed by atoms with Gasteiger partial charge in [-0.2, -0.15) is 0 Å². The molecule has 0 saturated carbocycles. The Labute approximate surface area is 164 Å². The van der Waals surface area contributed by atoms with Crippen LogP contribution in [0.2, 0.25) is 0 Å². The standard InChI is InChI=1S/C22H23N3OS/c1-14-10-11-15(2)19(12-14)24-21(26)17(4)27-22-23-16(3)13-20(25-22)18-8-6-5-7-9-18/h5-13,17H,1-4H3,(H,24,26). The van der Waals surface area contributed by atoms with Gasteiger partial charge in [0.15, 0.2) is 5.16 Å². The molecule has 27 heavy (non-hydrogen) atoms. The number of aromatic nitrogens is 2. The van der Waals surface area contributed by atoms with E-state index >= 15 is 0 Å². The van der Waals surface area contributed by atoms with Gasteiger partial charge in [0, 0.05) is 16.9 Å². The van der Waals surface area contributed by atoms with Crippen LogP contribution in [0.25, 0.3) is 11.3 Å². The lowest BCUT2D eigenvalue weighted by molar-refractivity contribution is -0.115. The van der Waals surface area contributed by atoms with Crippen molar-refractivity contribution < 1.29 is 4.79 Å². The molecule has 4 nitrogen and oxygen atoms in total. The molecule has 138 valence electrons. The van der Waals surface area contributed by atoms with Crippen LogP contribution in [0.1, 0.15) is 23.7 Å². The Bertz CT molecular complexity index is 957. The molecule has 1 N–H and O–H groups in total. The van der Waals surface area contributed by atoms with Crippen molar-refractivity contribution in [1.29, 1.82) is 0 Å². The lowest BCUT2D eigenvalue weighted by Gasteiger charge is -2.14. The molecule has 0 spiro atoms. The number of hydrogen-bond acceptors (Lipinski definition) is 4. The first kappa shape index (κ1) is 19.1. The summed E-state index contributed by atoms with van der Waals surface area (Å²) in [6, 6.07) is 18.0. The van der Waals surface area contributed by atoms with Gasteiger partial charge in [-0.1, -0.05) is 54.2 Å². The van der Waals surface area contributed by atoms with Crippen LogP contribution in [0.3, 0.4) is 0 Å². The maximum atomic E-state index is 12.6. The van der Waals surface area contributed by atoms with E-state index in [1.54, 1.807) is 0 Å². The third kappa shape index (κ3) is 4.95. The molecular formula is C22H23N3OS. The molecule has 3 rings (SSSR count). The Hall–Kier alpha value is -2.66. The molecule has 5 heteroatoms. The summed E-state index contributed by atoms with van der Waals surface area (Å²) < 4.78 is 0. The quantitative estimate of drug-likeness (QED) is 0.491. The zero-order chi connectivity index (χ0) is 19.4. The number of rotatable bonds is 5. The van der Waals surface area contributed by atoms with E-state index in [-0.39, 0.29) is 11.2 Å². The molecule has 0 radical (unpaired) electrons. The third-order valence-electron chi connectivity index (χ3n) is 4.21. The van der Waals surface area contributed by atoms with Crippen molar-refractivity contribution in [3.63, 3.8) is 0 Å². The van der Waals surface area contributed by atoms with Crippen LogP contribution in [0.5, 0.6) is 0 Å². The van der Waals surface area contributed by atoms with Crippen molar-refractivity contribution in [2.24, 2.45) is 0 Å². The minimum absolute atomic E-state index is 0.0555. The van der Waals surface area contributed by atoms with Gasteiger partial charge in [-0.15, -0.1) is 0 Å². The van der Waals surface area contributed by atoms with Gasteiger partial charge in [-0.3, -0.25) is 4.79 Å². The SMILES string of the molecule is Cc1ccc(C)c(NC(=O)C(C)Sc2nc(C)cc(-c3ccccc3)n2)c1. The fourth-order valence-electron chi connectivity index (χ4n) is 2.67. The minimum Gasteiger partial charge on any atom is -0.325 e. The van der Waals surface area contributed by atoms with Crippen molar-refractivity contribution in [2.75, 3.05) is 5.32 Å². The van der Waals surface area contributed by atoms with Crippen LogP contribution in [0, 0.1) is 20.8 Å². The Balaban J connectivity index is 1.75. The summed E-state index contributed by atoms with van der Waals surface area (Å²) in [7, 11) is 0. The first-order valence-electron chi connectivity index (χ1n) is 8.88. The third-order valence-corrected chi connectivity index (χ3v) is 5.17. The molecule has 0 bridgehead atoms. The van der Waals surface area contributed by atoms with Crippen LogP contribution >= 0.6 is 11.8 Å². The Morgan fingerprint density at radius 3 is 2.48 bits per heavy atom. The molecule has 1 amide bonds. The fraction of sp³-hybridized carbons (Fsp3) is 0.227.